The van der Waals surface area contributed by atoms with Gasteiger partial charge in [-0.2, -0.15) is 10.1 Å². The van der Waals surface area contributed by atoms with E-state index in [0.717, 1.165) is 0 Å². The molecule has 0 spiro atoms. The molecule has 32 heavy (non-hydrogen) atoms. The number of aryl methyl sites for hydroxylation is 1. The number of hydrogen-bond donors (Lipinski definition) is 1. The van der Waals surface area contributed by atoms with E-state index in [0.29, 0.717) is 11.1 Å². The molecular formula is C21H19FN6O4. The summed E-state index contributed by atoms with van der Waals surface area (Å²) in [6.45, 7) is 5.21. The number of nitrogens with one attached hydrogen (secondary N) is 1. The third-order valence-corrected chi connectivity index (χ3v) is 4.71. The van der Waals surface area contributed by atoms with Gasteiger partial charge in [-0.3, -0.25) is 4.79 Å². The molecule has 0 fully saturated rings. The minimum absolute atomic E-state index is 0.158. The Kier molecular flexibility index (Phi) is 5.63. The molecule has 0 aliphatic heterocycles. The summed E-state index contributed by atoms with van der Waals surface area (Å²) in [6.07, 6.45) is 2.70. The lowest BCUT2D eigenvalue weighted by Gasteiger charge is -2.10. The van der Waals surface area contributed by atoms with E-state index in [9.17, 15) is 14.0 Å². The molecule has 0 saturated carbocycles. The van der Waals surface area contributed by atoms with Crippen molar-refractivity contribution in [1.82, 2.24) is 30.1 Å². The number of nitrogens with zero attached hydrogens (tertiary/aromatic N) is 5. The van der Waals surface area contributed by atoms with E-state index < -0.39 is 17.9 Å². The first-order valence-corrected chi connectivity index (χ1v) is 9.80. The molecule has 11 heteroatoms. The predicted molar refractivity (Wildman–Crippen MR) is 109 cm³/mol. The summed E-state index contributed by atoms with van der Waals surface area (Å²) in [5.41, 5.74) is 1.57. The van der Waals surface area contributed by atoms with Crippen LogP contribution in [0.3, 0.4) is 0 Å². The van der Waals surface area contributed by atoms with Crippen LogP contribution in [-0.2, 0) is 4.74 Å². The summed E-state index contributed by atoms with van der Waals surface area (Å²) < 4.78 is 25.0. The van der Waals surface area contributed by atoms with Gasteiger partial charge in [-0.05, 0) is 50.6 Å². The van der Waals surface area contributed by atoms with Crippen LogP contribution in [0.25, 0.3) is 17.0 Å². The van der Waals surface area contributed by atoms with E-state index in [1.165, 1.54) is 29.0 Å². The standard InChI is InChI=1S/C21H19FN6O4/c1-4-31-21(30)14-10-24-28-16(7-8-23-18(14)28)19(29)25-12(3)20-26-17(27-32-20)13-5-6-15(22)11(2)9-13/h5-10,12H,4H2,1-3H3,(H,25,29). The van der Waals surface area contributed by atoms with Crippen molar-refractivity contribution in [2.75, 3.05) is 6.61 Å². The fourth-order valence-corrected chi connectivity index (χ4v) is 3.06. The number of carbonyl (C=O) groups is 2. The first kappa shape index (κ1) is 21.1. The van der Waals surface area contributed by atoms with Crippen molar-refractivity contribution in [3.63, 3.8) is 0 Å². The Bertz CT molecular complexity index is 1310. The summed E-state index contributed by atoms with van der Waals surface area (Å²) >= 11 is 0. The number of benzene rings is 1. The number of halogens is 1. The van der Waals surface area contributed by atoms with Crippen LogP contribution in [0.15, 0.2) is 41.2 Å². The second-order valence-electron chi connectivity index (χ2n) is 6.96. The second kappa shape index (κ2) is 8.53. The molecule has 0 bridgehead atoms. The summed E-state index contributed by atoms with van der Waals surface area (Å²) in [7, 11) is 0. The molecule has 1 unspecified atom stereocenters. The van der Waals surface area contributed by atoms with Crippen molar-refractivity contribution in [3.8, 4) is 11.4 Å². The van der Waals surface area contributed by atoms with Crippen LogP contribution in [0, 0.1) is 12.7 Å². The minimum Gasteiger partial charge on any atom is -0.462 e. The highest BCUT2D eigenvalue weighted by Gasteiger charge is 2.22. The maximum atomic E-state index is 13.5. The van der Waals surface area contributed by atoms with Crippen molar-refractivity contribution in [1.29, 1.82) is 0 Å². The summed E-state index contributed by atoms with van der Waals surface area (Å²) in [4.78, 5) is 33.3. The molecule has 0 saturated heterocycles. The summed E-state index contributed by atoms with van der Waals surface area (Å²) in [5.74, 6) is -0.933. The summed E-state index contributed by atoms with van der Waals surface area (Å²) in [6, 6.07) is 5.33. The Morgan fingerprint density at radius 3 is 2.88 bits per heavy atom. The Labute approximate surface area is 181 Å². The van der Waals surface area contributed by atoms with Crippen LogP contribution in [0.4, 0.5) is 4.39 Å². The predicted octanol–water partition coefficient (Wildman–Crippen LogP) is 2.89. The zero-order chi connectivity index (χ0) is 22.8. The van der Waals surface area contributed by atoms with Crippen LogP contribution in [0.1, 0.15) is 52.2 Å². The summed E-state index contributed by atoms with van der Waals surface area (Å²) in [5, 5.41) is 10.8. The van der Waals surface area contributed by atoms with E-state index >= 15 is 0 Å². The highest BCUT2D eigenvalue weighted by Crippen LogP contribution is 2.21. The van der Waals surface area contributed by atoms with Gasteiger partial charge in [-0.1, -0.05) is 5.16 Å². The average Bonchev–Trinajstić information content (AvgIpc) is 3.43. The molecule has 4 rings (SSSR count). The van der Waals surface area contributed by atoms with Crippen LogP contribution in [-0.4, -0.2) is 43.2 Å². The first-order chi connectivity index (χ1) is 15.4. The fourth-order valence-electron chi connectivity index (χ4n) is 3.06. The highest BCUT2D eigenvalue weighted by molar-refractivity contribution is 5.97. The molecule has 0 aliphatic carbocycles. The van der Waals surface area contributed by atoms with Crippen molar-refractivity contribution >= 4 is 17.5 Å². The fraction of sp³-hybridized carbons (Fsp3) is 0.238. The number of aromatic nitrogens is 5. The van der Waals surface area contributed by atoms with E-state index in [-0.39, 0.29) is 41.0 Å². The lowest BCUT2D eigenvalue weighted by molar-refractivity contribution is 0.0528. The molecular weight excluding hydrogens is 419 g/mol. The first-order valence-electron chi connectivity index (χ1n) is 9.80. The lowest BCUT2D eigenvalue weighted by Crippen LogP contribution is -2.29. The number of hydrogen-bond acceptors (Lipinski definition) is 8. The Balaban J connectivity index is 1.54. The van der Waals surface area contributed by atoms with Crippen LogP contribution < -0.4 is 5.32 Å². The number of esters is 1. The molecule has 1 amide bonds. The number of ether oxygens (including phenoxy) is 1. The van der Waals surface area contributed by atoms with Gasteiger partial charge in [0.1, 0.15) is 23.1 Å². The van der Waals surface area contributed by atoms with Gasteiger partial charge in [0.05, 0.1) is 12.8 Å². The SMILES string of the molecule is CCOC(=O)c1cnn2c(C(=O)NC(C)c3nc(-c4ccc(F)c(C)c4)no3)ccnc12. The van der Waals surface area contributed by atoms with Crippen molar-refractivity contribution in [3.05, 3.63) is 65.2 Å². The van der Waals surface area contributed by atoms with E-state index in [2.05, 4.69) is 25.5 Å². The van der Waals surface area contributed by atoms with Gasteiger partial charge in [0.25, 0.3) is 5.91 Å². The Morgan fingerprint density at radius 1 is 1.31 bits per heavy atom. The molecule has 4 aromatic rings. The highest BCUT2D eigenvalue weighted by atomic mass is 19.1. The average molecular weight is 438 g/mol. The zero-order valence-corrected chi connectivity index (χ0v) is 17.5. The third kappa shape index (κ3) is 3.92. The van der Waals surface area contributed by atoms with E-state index in [1.807, 2.05) is 0 Å². The van der Waals surface area contributed by atoms with Gasteiger partial charge in [0, 0.05) is 11.8 Å². The Morgan fingerprint density at radius 2 is 2.12 bits per heavy atom. The maximum Gasteiger partial charge on any atom is 0.343 e. The molecule has 3 heterocycles. The number of fused-ring (bicyclic) bond motifs is 1. The third-order valence-electron chi connectivity index (χ3n) is 4.71. The van der Waals surface area contributed by atoms with E-state index in [4.69, 9.17) is 9.26 Å². The van der Waals surface area contributed by atoms with E-state index in [1.54, 1.807) is 32.9 Å². The topological polar surface area (TPSA) is 125 Å². The monoisotopic (exact) mass is 438 g/mol. The molecule has 1 atom stereocenters. The van der Waals surface area contributed by atoms with Gasteiger partial charge in [-0.25, -0.2) is 18.7 Å². The van der Waals surface area contributed by atoms with Gasteiger partial charge in [-0.15, -0.1) is 0 Å². The van der Waals surface area contributed by atoms with Crippen molar-refractivity contribution < 1.29 is 23.2 Å². The van der Waals surface area contributed by atoms with Gasteiger partial charge in [0.2, 0.25) is 11.7 Å². The number of rotatable bonds is 6. The minimum atomic E-state index is -0.631. The van der Waals surface area contributed by atoms with Crippen LogP contribution in [0.2, 0.25) is 0 Å². The quantitative estimate of drug-likeness (QED) is 0.456. The second-order valence-corrected chi connectivity index (χ2v) is 6.96. The lowest BCUT2D eigenvalue weighted by atomic mass is 10.1. The van der Waals surface area contributed by atoms with Crippen molar-refractivity contribution in [2.45, 2.75) is 26.8 Å². The maximum absolute atomic E-state index is 13.5. The van der Waals surface area contributed by atoms with Gasteiger partial charge < -0.3 is 14.6 Å². The normalized spacial score (nSPS) is 12.0. The largest absolute Gasteiger partial charge is 0.462 e. The van der Waals surface area contributed by atoms with Crippen LogP contribution in [0.5, 0.6) is 0 Å². The van der Waals surface area contributed by atoms with Gasteiger partial charge in [0.15, 0.2) is 5.65 Å². The van der Waals surface area contributed by atoms with Crippen LogP contribution >= 0.6 is 0 Å². The zero-order valence-electron chi connectivity index (χ0n) is 17.5. The molecule has 0 aliphatic rings. The number of carbonyl (C=O) groups excluding carboxylic acids is 2. The molecule has 164 valence electrons. The smallest absolute Gasteiger partial charge is 0.343 e. The molecule has 0 radical (unpaired) electrons. The van der Waals surface area contributed by atoms with Gasteiger partial charge >= 0.3 is 5.97 Å². The molecule has 1 aromatic carbocycles. The van der Waals surface area contributed by atoms with Crippen molar-refractivity contribution in [2.24, 2.45) is 0 Å². The number of amides is 1. The molecule has 10 nitrogen and oxygen atoms in total. The molecule has 3 aromatic heterocycles. The Hall–Kier alpha value is -4.15. The molecule has 1 N–H and O–H groups in total.